The van der Waals surface area contributed by atoms with Crippen LogP contribution in [0.1, 0.15) is 21.6 Å². The molecule has 1 aromatic carbocycles. The molecule has 1 aromatic heterocycles. The second kappa shape index (κ2) is 5.31. The maximum Gasteiger partial charge on any atom is 0.257 e. The highest BCUT2D eigenvalue weighted by Crippen LogP contribution is 2.24. The normalized spacial score (nSPS) is 10.2. The molecule has 18 heavy (non-hydrogen) atoms. The number of aromatic nitrogens is 1. The number of benzene rings is 1. The van der Waals surface area contributed by atoms with E-state index in [1.807, 2.05) is 32.0 Å². The van der Waals surface area contributed by atoms with E-state index in [9.17, 15) is 4.79 Å². The standard InChI is InChI=1S/C14H13BrN2O/c1-9-5-6-12(15)13(8-9)17-14(18)11-4-3-7-16-10(11)2/h3-8H,1-2H3,(H,17,18). The molecule has 0 bridgehead atoms. The second-order valence-electron chi connectivity index (χ2n) is 4.07. The fourth-order valence-electron chi connectivity index (χ4n) is 1.65. The summed E-state index contributed by atoms with van der Waals surface area (Å²) in [4.78, 5) is 16.2. The number of hydrogen-bond donors (Lipinski definition) is 1. The van der Waals surface area contributed by atoms with Crippen molar-refractivity contribution in [3.05, 3.63) is 57.8 Å². The quantitative estimate of drug-likeness (QED) is 0.919. The number of rotatable bonds is 2. The molecule has 4 heteroatoms. The van der Waals surface area contributed by atoms with Gasteiger partial charge in [-0.15, -0.1) is 0 Å². The molecule has 0 radical (unpaired) electrons. The van der Waals surface area contributed by atoms with E-state index in [4.69, 9.17) is 0 Å². The molecule has 1 amide bonds. The highest BCUT2D eigenvalue weighted by molar-refractivity contribution is 9.10. The first-order valence-electron chi connectivity index (χ1n) is 5.57. The van der Waals surface area contributed by atoms with Gasteiger partial charge in [0.2, 0.25) is 0 Å². The Morgan fingerprint density at radius 2 is 2.06 bits per heavy atom. The minimum absolute atomic E-state index is 0.146. The molecule has 0 unspecified atom stereocenters. The number of aryl methyl sites for hydroxylation is 2. The number of halogens is 1. The van der Waals surface area contributed by atoms with Gasteiger partial charge < -0.3 is 5.32 Å². The van der Waals surface area contributed by atoms with Crippen LogP contribution in [-0.2, 0) is 0 Å². The first-order valence-corrected chi connectivity index (χ1v) is 6.36. The molecule has 92 valence electrons. The molecule has 0 spiro atoms. The first kappa shape index (κ1) is 12.8. The van der Waals surface area contributed by atoms with Crippen molar-refractivity contribution in [3.8, 4) is 0 Å². The van der Waals surface area contributed by atoms with Crippen LogP contribution in [0.5, 0.6) is 0 Å². The summed E-state index contributed by atoms with van der Waals surface area (Å²) in [5.74, 6) is -0.146. The zero-order chi connectivity index (χ0) is 13.1. The molecule has 2 rings (SSSR count). The molecule has 0 saturated carbocycles. The van der Waals surface area contributed by atoms with Crippen LogP contribution in [0, 0.1) is 13.8 Å². The van der Waals surface area contributed by atoms with Gasteiger partial charge in [0.15, 0.2) is 0 Å². The number of nitrogens with one attached hydrogen (secondary N) is 1. The van der Waals surface area contributed by atoms with Gasteiger partial charge in [0, 0.05) is 16.4 Å². The van der Waals surface area contributed by atoms with Crippen molar-refractivity contribution in [1.82, 2.24) is 4.98 Å². The molecular weight excluding hydrogens is 292 g/mol. The fraction of sp³-hybridized carbons (Fsp3) is 0.143. The lowest BCUT2D eigenvalue weighted by molar-refractivity contribution is 0.102. The number of nitrogens with zero attached hydrogens (tertiary/aromatic N) is 1. The van der Waals surface area contributed by atoms with E-state index in [1.165, 1.54) is 0 Å². The van der Waals surface area contributed by atoms with Crippen molar-refractivity contribution in [2.45, 2.75) is 13.8 Å². The Morgan fingerprint density at radius 1 is 1.28 bits per heavy atom. The van der Waals surface area contributed by atoms with Gasteiger partial charge in [-0.3, -0.25) is 9.78 Å². The van der Waals surface area contributed by atoms with Crippen molar-refractivity contribution < 1.29 is 4.79 Å². The summed E-state index contributed by atoms with van der Waals surface area (Å²) in [5, 5.41) is 2.88. The van der Waals surface area contributed by atoms with Crippen molar-refractivity contribution in [2.24, 2.45) is 0 Å². The minimum atomic E-state index is -0.146. The van der Waals surface area contributed by atoms with Gasteiger partial charge in [0.25, 0.3) is 5.91 Å². The van der Waals surface area contributed by atoms with Crippen LogP contribution >= 0.6 is 15.9 Å². The van der Waals surface area contributed by atoms with Crippen LogP contribution in [0.3, 0.4) is 0 Å². The fourth-order valence-corrected chi connectivity index (χ4v) is 1.99. The largest absolute Gasteiger partial charge is 0.321 e. The lowest BCUT2D eigenvalue weighted by Crippen LogP contribution is -2.14. The number of carbonyl (C=O) groups excluding carboxylic acids is 1. The molecular formula is C14H13BrN2O. The summed E-state index contributed by atoms with van der Waals surface area (Å²) in [6.45, 7) is 3.80. The predicted octanol–water partition coefficient (Wildman–Crippen LogP) is 3.71. The number of anilines is 1. The lowest BCUT2D eigenvalue weighted by atomic mass is 10.1. The maximum atomic E-state index is 12.1. The topological polar surface area (TPSA) is 42.0 Å². The Bertz CT molecular complexity index is 596. The van der Waals surface area contributed by atoms with E-state index in [0.717, 1.165) is 21.4 Å². The monoisotopic (exact) mass is 304 g/mol. The summed E-state index contributed by atoms with van der Waals surface area (Å²) in [7, 11) is 0. The molecule has 0 fully saturated rings. The number of hydrogen-bond acceptors (Lipinski definition) is 2. The second-order valence-corrected chi connectivity index (χ2v) is 4.93. The molecule has 2 aromatic rings. The van der Waals surface area contributed by atoms with E-state index in [0.29, 0.717) is 5.56 Å². The highest BCUT2D eigenvalue weighted by atomic mass is 79.9. The van der Waals surface area contributed by atoms with Crippen molar-refractivity contribution in [1.29, 1.82) is 0 Å². The van der Waals surface area contributed by atoms with E-state index < -0.39 is 0 Å². The van der Waals surface area contributed by atoms with Crippen LogP contribution in [-0.4, -0.2) is 10.9 Å². The Kier molecular flexibility index (Phi) is 3.77. The van der Waals surface area contributed by atoms with Crippen LogP contribution in [0.4, 0.5) is 5.69 Å². The van der Waals surface area contributed by atoms with Gasteiger partial charge >= 0.3 is 0 Å². The minimum Gasteiger partial charge on any atom is -0.321 e. The number of carbonyl (C=O) groups is 1. The molecule has 1 N–H and O–H groups in total. The Labute approximate surface area is 114 Å². The lowest BCUT2D eigenvalue weighted by Gasteiger charge is -2.09. The third-order valence-electron chi connectivity index (χ3n) is 2.62. The van der Waals surface area contributed by atoms with Crippen molar-refractivity contribution in [3.63, 3.8) is 0 Å². The van der Waals surface area contributed by atoms with E-state index in [-0.39, 0.29) is 5.91 Å². The Balaban J connectivity index is 2.27. The predicted molar refractivity (Wildman–Crippen MR) is 75.8 cm³/mol. The van der Waals surface area contributed by atoms with Gasteiger partial charge in [-0.25, -0.2) is 0 Å². The third-order valence-corrected chi connectivity index (χ3v) is 3.31. The van der Waals surface area contributed by atoms with Gasteiger partial charge in [0.05, 0.1) is 11.3 Å². The number of amides is 1. The third kappa shape index (κ3) is 2.76. The van der Waals surface area contributed by atoms with Crippen LogP contribution in [0.25, 0.3) is 0 Å². The maximum absolute atomic E-state index is 12.1. The molecule has 0 aliphatic rings. The Morgan fingerprint density at radius 3 is 2.78 bits per heavy atom. The van der Waals surface area contributed by atoms with Gasteiger partial charge in [-0.05, 0) is 59.6 Å². The van der Waals surface area contributed by atoms with Gasteiger partial charge in [-0.1, -0.05) is 6.07 Å². The summed E-state index contributed by atoms with van der Waals surface area (Å²) in [5.41, 5.74) is 3.17. The van der Waals surface area contributed by atoms with Crippen LogP contribution in [0.2, 0.25) is 0 Å². The summed E-state index contributed by atoms with van der Waals surface area (Å²) >= 11 is 3.42. The van der Waals surface area contributed by atoms with E-state index >= 15 is 0 Å². The Hall–Kier alpha value is -1.68. The SMILES string of the molecule is Cc1ccc(Br)c(NC(=O)c2cccnc2C)c1. The molecule has 3 nitrogen and oxygen atoms in total. The summed E-state index contributed by atoms with van der Waals surface area (Å²) in [6.07, 6.45) is 1.68. The van der Waals surface area contributed by atoms with E-state index in [1.54, 1.807) is 18.3 Å². The van der Waals surface area contributed by atoms with Crippen molar-refractivity contribution in [2.75, 3.05) is 5.32 Å². The summed E-state index contributed by atoms with van der Waals surface area (Å²) < 4.78 is 0.864. The number of pyridine rings is 1. The zero-order valence-corrected chi connectivity index (χ0v) is 11.8. The molecule has 0 saturated heterocycles. The van der Waals surface area contributed by atoms with Gasteiger partial charge in [0.1, 0.15) is 0 Å². The average Bonchev–Trinajstić information content (AvgIpc) is 2.34. The molecule has 1 heterocycles. The zero-order valence-electron chi connectivity index (χ0n) is 10.2. The first-order chi connectivity index (χ1) is 8.58. The highest BCUT2D eigenvalue weighted by Gasteiger charge is 2.11. The van der Waals surface area contributed by atoms with Gasteiger partial charge in [-0.2, -0.15) is 0 Å². The van der Waals surface area contributed by atoms with Crippen LogP contribution in [0.15, 0.2) is 41.0 Å². The van der Waals surface area contributed by atoms with Crippen LogP contribution < -0.4 is 5.32 Å². The molecule has 0 aliphatic carbocycles. The van der Waals surface area contributed by atoms with E-state index in [2.05, 4.69) is 26.2 Å². The smallest absolute Gasteiger partial charge is 0.257 e. The van der Waals surface area contributed by atoms with Crippen molar-refractivity contribution >= 4 is 27.5 Å². The average molecular weight is 305 g/mol. The molecule has 0 aliphatic heterocycles. The molecule has 0 atom stereocenters. The summed E-state index contributed by atoms with van der Waals surface area (Å²) in [6, 6.07) is 9.35.